The second kappa shape index (κ2) is 4.84. The molecule has 92 valence electrons. The SMILES string of the molecule is O=C(Nc1ccc(Cl)c([N+](=O)[O-])c1)n1cccn1. The molecule has 0 aliphatic carbocycles. The van der Waals surface area contributed by atoms with Gasteiger partial charge in [0.05, 0.1) is 4.92 Å². The number of carbonyl (C=O) groups excluding carboxylic acids is 1. The number of benzene rings is 1. The van der Waals surface area contributed by atoms with Crippen LogP contribution >= 0.6 is 11.6 Å². The van der Waals surface area contributed by atoms with Crippen molar-refractivity contribution in [2.45, 2.75) is 0 Å². The van der Waals surface area contributed by atoms with E-state index in [1.54, 1.807) is 6.07 Å². The van der Waals surface area contributed by atoms with Crippen LogP contribution in [0.2, 0.25) is 5.02 Å². The first-order chi connectivity index (χ1) is 8.58. The Morgan fingerprint density at radius 3 is 2.89 bits per heavy atom. The lowest BCUT2D eigenvalue weighted by Crippen LogP contribution is -2.19. The molecule has 0 saturated carbocycles. The molecule has 1 aromatic carbocycles. The smallest absolute Gasteiger partial charge is 0.306 e. The first-order valence-electron chi connectivity index (χ1n) is 4.83. The highest BCUT2D eigenvalue weighted by molar-refractivity contribution is 6.32. The number of nitrogens with one attached hydrogen (secondary N) is 1. The number of nitro benzene ring substituents is 1. The number of hydrogen-bond donors (Lipinski definition) is 1. The van der Waals surface area contributed by atoms with Crippen LogP contribution in [0.5, 0.6) is 0 Å². The molecule has 0 bridgehead atoms. The molecule has 1 N–H and O–H groups in total. The fraction of sp³-hybridized carbons (Fsp3) is 0. The molecule has 2 rings (SSSR count). The topological polar surface area (TPSA) is 90.1 Å². The Labute approximate surface area is 106 Å². The molecule has 8 heteroatoms. The lowest BCUT2D eigenvalue weighted by molar-refractivity contribution is -0.384. The van der Waals surface area contributed by atoms with E-state index in [9.17, 15) is 14.9 Å². The van der Waals surface area contributed by atoms with Crippen molar-refractivity contribution in [1.29, 1.82) is 0 Å². The molecular weight excluding hydrogens is 260 g/mol. The molecular formula is C10H7ClN4O3. The van der Waals surface area contributed by atoms with E-state index in [-0.39, 0.29) is 16.4 Å². The number of aromatic nitrogens is 2. The minimum Gasteiger partial charge on any atom is -0.306 e. The summed E-state index contributed by atoms with van der Waals surface area (Å²) in [7, 11) is 0. The normalized spacial score (nSPS) is 10.1. The molecule has 0 fully saturated rings. The predicted molar refractivity (Wildman–Crippen MR) is 64.8 cm³/mol. The summed E-state index contributed by atoms with van der Waals surface area (Å²) in [6.07, 6.45) is 2.91. The third kappa shape index (κ3) is 2.46. The quantitative estimate of drug-likeness (QED) is 0.668. The van der Waals surface area contributed by atoms with E-state index in [4.69, 9.17) is 11.6 Å². The van der Waals surface area contributed by atoms with E-state index in [0.29, 0.717) is 0 Å². The lowest BCUT2D eigenvalue weighted by atomic mass is 10.3. The highest BCUT2D eigenvalue weighted by Gasteiger charge is 2.14. The van der Waals surface area contributed by atoms with Gasteiger partial charge in [0.15, 0.2) is 0 Å². The minimum atomic E-state index is -0.619. The number of carbonyl (C=O) groups is 1. The summed E-state index contributed by atoms with van der Waals surface area (Å²) >= 11 is 5.66. The van der Waals surface area contributed by atoms with E-state index in [0.717, 1.165) is 4.68 Å². The van der Waals surface area contributed by atoms with Gasteiger partial charge in [0, 0.05) is 24.1 Å². The fourth-order valence-corrected chi connectivity index (χ4v) is 1.49. The van der Waals surface area contributed by atoms with Crippen LogP contribution in [-0.2, 0) is 0 Å². The second-order valence-electron chi connectivity index (χ2n) is 3.30. The fourth-order valence-electron chi connectivity index (χ4n) is 1.30. The Morgan fingerprint density at radius 2 is 2.28 bits per heavy atom. The van der Waals surface area contributed by atoms with Gasteiger partial charge in [0.25, 0.3) is 5.69 Å². The van der Waals surface area contributed by atoms with E-state index >= 15 is 0 Å². The van der Waals surface area contributed by atoms with E-state index in [1.807, 2.05) is 0 Å². The summed E-state index contributed by atoms with van der Waals surface area (Å²) < 4.78 is 1.07. The maximum atomic E-state index is 11.6. The van der Waals surface area contributed by atoms with Gasteiger partial charge in [-0.2, -0.15) is 9.78 Å². The highest BCUT2D eigenvalue weighted by Crippen LogP contribution is 2.27. The largest absolute Gasteiger partial charge is 0.346 e. The molecule has 1 amide bonds. The number of hydrogen-bond acceptors (Lipinski definition) is 4. The number of nitrogens with zero attached hydrogens (tertiary/aromatic N) is 3. The number of halogens is 1. The third-order valence-corrected chi connectivity index (χ3v) is 2.43. The van der Waals surface area contributed by atoms with Crippen molar-refractivity contribution < 1.29 is 9.72 Å². The maximum Gasteiger partial charge on any atom is 0.346 e. The minimum absolute atomic E-state index is 0.0112. The van der Waals surface area contributed by atoms with Crippen LogP contribution in [0.25, 0.3) is 0 Å². The highest BCUT2D eigenvalue weighted by atomic mass is 35.5. The van der Waals surface area contributed by atoms with Gasteiger partial charge >= 0.3 is 6.03 Å². The summed E-state index contributed by atoms with van der Waals surface area (Å²) in [5, 5.41) is 16.9. The summed E-state index contributed by atoms with van der Waals surface area (Å²) in [5.41, 5.74) is 0.00142. The van der Waals surface area contributed by atoms with E-state index in [1.165, 1.54) is 30.6 Å². The van der Waals surface area contributed by atoms with Crippen LogP contribution in [0.4, 0.5) is 16.2 Å². The van der Waals surface area contributed by atoms with Crippen molar-refractivity contribution in [3.63, 3.8) is 0 Å². The summed E-state index contributed by atoms with van der Waals surface area (Å²) in [6, 6.07) is 5.07. The molecule has 2 aromatic rings. The first-order valence-corrected chi connectivity index (χ1v) is 5.20. The molecule has 0 atom stereocenters. The lowest BCUT2D eigenvalue weighted by Gasteiger charge is -2.05. The zero-order chi connectivity index (χ0) is 13.1. The van der Waals surface area contributed by atoms with E-state index in [2.05, 4.69) is 10.4 Å². The third-order valence-electron chi connectivity index (χ3n) is 2.11. The molecule has 0 spiro atoms. The van der Waals surface area contributed by atoms with Gasteiger partial charge < -0.3 is 5.32 Å². The molecule has 1 aromatic heterocycles. The van der Waals surface area contributed by atoms with Crippen molar-refractivity contribution in [2.75, 3.05) is 5.32 Å². The van der Waals surface area contributed by atoms with Gasteiger partial charge in [-0.05, 0) is 18.2 Å². The number of anilines is 1. The number of amides is 1. The standard InChI is InChI=1S/C10H7ClN4O3/c11-8-3-2-7(6-9(8)15(17)18)13-10(16)14-5-1-4-12-14/h1-6H,(H,13,16). The molecule has 0 aliphatic heterocycles. The molecule has 0 saturated heterocycles. The van der Waals surface area contributed by atoms with Crippen LogP contribution in [0, 0.1) is 10.1 Å². The van der Waals surface area contributed by atoms with Crippen LogP contribution in [-0.4, -0.2) is 20.7 Å². The van der Waals surface area contributed by atoms with Gasteiger partial charge in [-0.1, -0.05) is 11.6 Å². The average Bonchev–Trinajstić information content (AvgIpc) is 2.85. The van der Waals surface area contributed by atoms with Crippen molar-refractivity contribution in [3.05, 3.63) is 51.8 Å². The van der Waals surface area contributed by atoms with Crippen molar-refractivity contribution >= 4 is 29.0 Å². The van der Waals surface area contributed by atoms with Crippen molar-refractivity contribution in [1.82, 2.24) is 9.78 Å². The molecule has 0 radical (unpaired) electrons. The second-order valence-corrected chi connectivity index (χ2v) is 3.71. The van der Waals surface area contributed by atoms with Gasteiger partial charge in [0.2, 0.25) is 0 Å². The Morgan fingerprint density at radius 1 is 1.50 bits per heavy atom. The van der Waals surface area contributed by atoms with Crippen molar-refractivity contribution in [3.8, 4) is 0 Å². The summed E-state index contributed by atoms with van der Waals surface area (Å²) in [5.74, 6) is 0. The van der Waals surface area contributed by atoms with E-state index < -0.39 is 11.0 Å². The number of nitro groups is 1. The van der Waals surface area contributed by atoms with Crippen LogP contribution in [0.1, 0.15) is 0 Å². The Hall–Kier alpha value is -2.41. The molecule has 18 heavy (non-hydrogen) atoms. The summed E-state index contributed by atoms with van der Waals surface area (Å²) in [4.78, 5) is 21.7. The van der Waals surface area contributed by atoms with Crippen LogP contribution in [0.3, 0.4) is 0 Å². The Balaban J connectivity index is 2.22. The van der Waals surface area contributed by atoms with Crippen LogP contribution in [0.15, 0.2) is 36.7 Å². The Bertz CT molecular complexity index is 597. The monoisotopic (exact) mass is 266 g/mol. The van der Waals surface area contributed by atoms with Gasteiger partial charge in [-0.15, -0.1) is 0 Å². The first kappa shape index (κ1) is 12.1. The molecule has 0 aliphatic rings. The molecule has 7 nitrogen and oxygen atoms in total. The van der Waals surface area contributed by atoms with Crippen molar-refractivity contribution in [2.24, 2.45) is 0 Å². The number of rotatable bonds is 2. The molecule has 1 heterocycles. The predicted octanol–water partition coefficient (Wildman–Crippen LogP) is 2.52. The molecule has 0 unspecified atom stereocenters. The Kier molecular flexibility index (Phi) is 3.24. The average molecular weight is 267 g/mol. The van der Waals surface area contributed by atoms with Gasteiger partial charge in [-0.25, -0.2) is 4.79 Å². The van der Waals surface area contributed by atoms with Gasteiger partial charge in [0.1, 0.15) is 5.02 Å². The maximum absolute atomic E-state index is 11.6. The zero-order valence-electron chi connectivity index (χ0n) is 8.91. The zero-order valence-corrected chi connectivity index (χ0v) is 9.66. The summed E-state index contributed by atoms with van der Waals surface area (Å²) in [6.45, 7) is 0. The van der Waals surface area contributed by atoms with Crippen LogP contribution < -0.4 is 5.32 Å². The van der Waals surface area contributed by atoms with Gasteiger partial charge in [-0.3, -0.25) is 10.1 Å².